The summed E-state index contributed by atoms with van der Waals surface area (Å²) in [5.74, 6) is 1.57. The second-order valence-electron chi connectivity index (χ2n) is 11.7. The van der Waals surface area contributed by atoms with Crippen molar-refractivity contribution in [1.82, 2.24) is 29.4 Å². The van der Waals surface area contributed by atoms with Crippen molar-refractivity contribution in [3.63, 3.8) is 0 Å². The minimum Gasteiger partial charge on any atom is -0.477 e. The fourth-order valence-corrected chi connectivity index (χ4v) is 5.23. The van der Waals surface area contributed by atoms with Gasteiger partial charge in [-0.1, -0.05) is 0 Å². The summed E-state index contributed by atoms with van der Waals surface area (Å²) in [4.78, 5) is 32.2. The number of likely N-dealkylation sites (tertiary alicyclic amines) is 1. The number of amides is 1. The zero-order valence-corrected chi connectivity index (χ0v) is 23.7. The van der Waals surface area contributed by atoms with Crippen LogP contribution in [-0.2, 0) is 16.0 Å². The first-order valence-electron chi connectivity index (χ1n) is 14.0. The highest BCUT2D eigenvalue weighted by molar-refractivity contribution is 5.87. The molecule has 2 aliphatic heterocycles. The number of hydrogen-bond acceptors (Lipinski definition) is 9. The second kappa shape index (κ2) is 11.8. The van der Waals surface area contributed by atoms with E-state index in [2.05, 4.69) is 26.0 Å². The number of imidazole rings is 1. The fraction of sp³-hybridized carbons (Fsp3) is 0.586. The van der Waals surface area contributed by atoms with Crippen LogP contribution in [0.25, 0.3) is 22.4 Å². The van der Waals surface area contributed by atoms with Gasteiger partial charge in [0.25, 0.3) is 0 Å². The minimum atomic E-state index is -0.480. The Kier molecular flexibility index (Phi) is 8.17. The highest BCUT2D eigenvalue weighted by atomic mass is 16.6. The average molecular weight is 548 g/mol. The number of ether oxygens (including phenoxy) is 3. The largest absolute Gasteiger partial charge is 0.477 e. The molecule has 0 aliphatic carbocycles. The summed E-state index contributed by atoms with van der Waals surface area (Å²) in [5.41, 5.74) is 3.03. The summed E-state index contributed by atoms with van der Waals surface area (Å²) in [6, 6.07) is 4.05. The Labute approximate surface area is 234 Å². The van der Waals surface area contributed by atoms with Gasteiger partial charge in [-0.2, -0.15) is 10.2 Å². The quantitative estimate of drug-likeness (QED) is 0.419. The number of pyridine rings is 1. The van der Waals surface area contributed by atoms with Crippen molar-refractivity contribution in [1.29, 1.82) is 5.26 Å². The van der Waals surface area contributed by atoms with Gasteiger partial charge in [-0.3, -0.25) is 0 Å². The minimum absolute atomic E-state index is 0.0996. The number of nitrogens with zero attached hydrogens (tertiary/aromatic N) is 7. The predicted octanol–water partition coefficient (Wildman–Crippen LogP) is 4.52. The third-order valence-electron chi connectivity index (χ3n) is 7.38. The van der Waals surface area contributed by atoms with Gasteiger partial charge in [0.05, 0.1) is 19.5 Å². The summed E-state index contributed by atoms with van der Waals surface area (Å²) in [6.45, 7) is 11.8. The Morgan fingerprint density at radius 1 is 1.18 bits per heavy atom. The lowest BCUT2D eigenvalue weighted by Gasteiger charge is -2.33. The molecule has 11 nitrogen and oxygen atoms in total. The normalized spacial score (nSPS) is 18.2. The van der Waals surface area contributed by atoms with Crippen LogP contribution in [0.4, 0.5) is 4.79 Å². The fourth-order valence-electron chi connectivity index (χ4n) is 5.23. The Hall–Kier alpha value is -3.78. The van der Waals surface area contributed by atoms with E-state index in [0.29, 0.717) is 54.3 Å². The molecule has 0 spiro atoms. The van der Waals surface area contributed by atoms with Crippen molar-refractivity contribution in [3.8, 4) is 23.2 Å². The molecule has 5 rings (SSSR count). The topological polar surface area (TPSA) is 128 Å². The number of carbonyl (C=O) groups excluding carboxylic acids is 1. The molecule has 5 heterocycles. The number of fused-ring (bicyclic) bond motifs is 1. The predicted molar refractivity (Wildman–Crippen MR) is 148 cm³/mol. The molecule has 2 fully saturated rings. The molecule has 3 aromatic heterocycles. The van der Waals surface area contributed by atoms with E-state index >= 15 is 0 Å². The first kappa shape index (κ1) is 27.8. The molecule has 3 aromatic rings. The molecule has 0 N–H and O–H groups in total. The lowest BCUT2D eigenvalue weighted by Crippen LogP contribution is -2.41. The van der Waals surface area contributed by atoms with Crippen molar-refractivity contribution in [2.45, 2.75) is 65.5 Å². The van der Waals surface area contributed by atoms with E-state index in [1.54, 1.807) is 17.4 Å². The number of aromatic nitrogens is 5. The third kappa shape index (κ3) is 6.50. The van der Waals surface area contributed by atoms with Gasteiger partial charge in [0, 0.05) is 49.5 Å². The summed E-state index contributed by atoms with van der Waals surface area (Å²) in [6.07, 6.45) is 7.00. The Morgan fingerprint density at radius 3 is 2.65 bits per heavy atom. The molecule has 1 atom stereocenters. The number of hydrogen-bond donors (Lipinski definition) is 0. The first-order valence-corrected chi connectivity index (χ1v) is 14.0. The standard InChI is InChI=1S/C29H37N7O4/c1-19-13-22(24-25-26(34-23(14-30)33-24)36(18-32-25)16-21-7-11-38-17-21)15-31-27(19)39-12-8-20-5-9-35(10-6-20)28(37)40-29(2,3)4/h13,15,18,20-21H,5-12,16-17H2,1-4H3. The lowest BCUT2D eigenvalue weighted by molar-refractivity contribution is 0.0177. The number of nitriles is 1. The SMILES string of the molecule is Cc1cc(-c2nc(C#N)nc3c2ncn3CC2CCOC2)cnc1OCCC1CCN(C(=O)OC(C)(C)C)CC1. The van der Waals surface area contributed by atoms with Gasteiger partial charge in [-0.05, 0) is 65.4 Å². The van der Waals surface area contributed by atoms with E-state index in [-0.39, 0.29) is 11.9 Å². The van der Waals surface area contributed by atoms with E-state index in [1.165, 1.54) is 0 Å². The van der Waals surface area contributed by atoms with Gasteiger partial charge in [0.1, 0.15) is 22.9 Å². The monoisotopic (exact) mass is 547 g/mol. The first-order chi connectivity index (χ1) is 19.2. The Morgan fingerprint density at radius 2 is 1.98 bits per heavy atom. The molecule has 2 aliphatic rings. The Balaban J connectivity index is 1.21. The van der Waals surface area contributed by atoms with Crippen LogP contribution in [0.1, 0.15) is 57.8 Å². The van der Waals surface area contributed by atoms with E-state index in [4.69, 9.17) is 14.2 Å². The van der Waals surface area contributed by atoms with Crippen molar-refractivity contribution in [2.24, 2.45) is 11.8 Å². The van der Waals surface area contributed by atoms with Crippen LogP contribution in [0.15, 0.2) is 18.6 Å². The van der Waals surface area contributed by atoms with Crippen LogP contribution < -0.4 is 4.74 Å². The molecule has 40 heavy (non-hydrogen) atoms. The molecule has 2 saturated heterocycles. The van der Waals surface area contributed by atoms with Crippen LogP contribution in [-0.4, -0.2) is 74.0 Å². The van der Waals surface area contributed by atoms with Crippen LogP contribution in [0, 0.1) is 30.1 Å². The van der Waals surface area contributed by atoms with E-state index < -0.39 is 5.60 Å². The number of aryl methyl sites for hydroxylation is 1. The van der Waals surface area contributed by atoms with Crippen LogP contribution >= 0.6 is 0 Å². The summed E-state index contributed by atoms with van der Waals surface area (Å²) in [5, 5.41) is 9.58. The van der Waals surface area contributed by atoms with Crippen molar-refractivity contribution < 1.29 is 19.0 Å². The van der Waals surface area contributed by atoms with Gasteiger partial charge in [0.2, 0.25) is 11.7 Å². The maximum Gasteiger partial charge on any atom is 0.410 e. The molecule has 1 amide bonds. The van der Waals surface area contributed by atoms with Crippen LogP contribution in [0.2, 0.25) is 0 Å². The maximum absolute atomic E-state index is 12.3. The molecule has 1 unspecified atom stereocenters. The van der Waals surface area contributed by atoms with Crippen LogP contribution in [0.3, 0.4) is 0 Å². The zero-order chi connectivity index (χ0) is 28.3. The number of piperidine rings is 1. The molecule has 212 valence electrons. The summed E-state index contributed by atoms with van der Waals surface area (Å²) >= 11 is 0. The van der Waals surface area contributed by atoms with Gasteiger partial charge in [-0.15, -0.1) is 0 Å². The van der Waals surface area contributed by atoms with Crippen molar-refractivity contribution in [3.05, 3.63) is 30.0 Å². The van der Waals surface area contributed by atoms with E-state index in [9.17, 15) is 10.1 Å². The highest BCUT2D eigenvalue weighted by Gasteiger charge is 2.27. The van der Waals surface area contributed by atoms with Crippen LogP contribution in [0.5, 0.6) is 5.88 Å². The summed E-state index contributed by atoms with van der Waals surface area (Å²) in [7, 11) is 0. The molecular weight excluding hydrogens is 510 g/mol. The Bertz CT molecular complexity index is 1390. The number of carbonyl (C=O) groups is 1. The van der Waals surface area contributed by atoms with Crippen molar-refractivity contribution in [2.75, 3.05) is 32.9 Å². The molecule has 11 heteroatoms. The lowest BCUT2D eigenvalue weighted by atomic mass is 9.94. The average Bonchev–Trinajstić information content (AvgIpc) is 3.59. The summed E-state index contributed by atoms with van der Waals surface area (Å²) < 4.78 is 19.0. The molecule has 0 aromatic carbocycles. The second-order valence-corrected chi connectivity index (χ2v) is 11.7. The molecule has 0 bridgehead atoms. The molecule has 0 radical (unpaired) electrons. The smallest absolute Gasteiger partial charge is 0.410 e. The highest BCUT2D eigenvalue weighted by Crippen LogP contribution is 2.29. The maximum atomic E-state index is 12.3. The van der Waals surface area contributed by atoms with E-state index in [0.717, 1.165) is 56.6 Å². The zero-order valence-electron chi connectivity index (χ0n) is 23.7. The third-order valence-corrected chi connectivity index (χ3v) is 7.38. The molecule has 0 saturated carbocycles. The molecular formula is C29H37N7O4. The number of rotatable bonds is 7. The van der Waals surface area contributed by atoms with Gasteiger partial charge in [0.15, 0.2) is 5.65 Å². The van der Waals surface area contributed by atoms with Crippen molar-refractivity contribution >= 4 is 17.3 Å². The van der Waals surface area contributed by atoms with E-state index in [1.807, 2.05) is 38.3 Å². The van der Waals surface area contributed by atoms with Gasteiger partial charge < -0.3 is 23.7 Å². The van der Waals surface area contributed by atoms with Gasteiger partial charge in [-0.25, -0.2) is 19.7 Å². The van der Waals surface area contributed by atoms with Gasteiger partial charge >= 0.3 is 6.09 Å².